The zero-order valence-electron chi connectivity index (χ0n) is 21.6. The predicted octanol–water partition coefficient (Wildman–Crippen LogP) is 9.44. The van der Waals surface area contributed by atoms with E-state index in [1.165, 1.54) is 37.9 Å². The summed E-state index contributed by atoms with van der Waals surface area (Å²) in [6.45, 7) is 0. The van der Waals surface area contributed by atoms with Gasteiger partial charge in [0.2, 0.25) is 0 Å². The van der Waals surface area contributed by atoms with Gasteiger partial charge in [-0.05, 0) is 79.3 Å². The van der Waals surface area contributed by atoms with Crippen LogP contribution in [0.4, 0.5) is 0 Å². The number of rotatable bonds is 4. The lowest BCUT2D eigenvalue weighted by Crippen LogP contribution is -1.94. The van der Waals surface area contributed by atoms with E-state index in [0.29, 0.717) is 0 Å². The minimum atomic E-state index is 0.823. The molecule has 8 rings (SSSR count). The summed E-state index contributed by atoms with van der Waals surface area (Å²) in [5.74, 6) is 0. The zero-order valence-corrected chi connectivity index (χ0v) is 21.6. The van der Waals surface area contributed by atoms with E-state index in [0.717, 1.165) is 39.5 Å². The van der Waals surface area contributed by atoms with Gasteiger partial charge in [-0.15, -0.1) is 0 Å². The van der Waals surface area contributed by atoms with E-state index in [-0.39, 0.29) is 0 Å². The molecular weight excluding hydrogens is 486 g/mol. The van der Waals surface area contributed by atoms with Crippen molar-refractivity contribution in [1.82, 2.24) is 15.0 Å². The Hall–Kier alpha value is -5.41. The van der Waals surface area contributed by atoms with Crippen molar-refractivity contribution < 1.29 is 0 Å². The molecule has 0 atom stereocenters. The van der Waals surface area contributed by atoms with E-state index >= 15 is 0 Å². The summed E-state index contributed by atoms with van der Waals surface area (Å²) in [5, 5.41) is 7.69. The van der Waals surface area contributed by atoms with Crippen molar-refractivity contribution in [3.63, 3.8) is 0 Å². The molecular formula is C37H23N3. The van der Waals surface area contributed by atoms with Crippen LogP contribution in [-0.4, -0.2) is 15.0 Å². The third kappa shape index (κ3) is 3.71. The molecule has 3 heterocycles. The van der Waals surface area contributed by atoms with E-state index < -0.39 is 0 Å². The molecule has 0 spiro atoms. The molecule has 3 heteroatoms. The molecule has 0 saturated heterocycles. The summed E-state index contributed by atoms with van der Waals surface area (Å²) < 4.78 is 0. The van der Waals surface area contributed by atoms with Gasteiger partial charge in [0.05, 0.1) is 22.8 Å². The largest absolute Gasteiger partial charge is 0.255 e. The lowest BCUT2D eigenvalue weighted by molar-refractivity contribution is 1.22. The molecule has 0 saturated carbocycles. The fourth-order valence-electron chi connectivity index (χ4n) is 5.80. The van der Waals surface area contributed by atoms with Gasteiger partial charge in [0.25, 0.3) is 0 Å². The van der Waals surface area contributed by atoms with Crippen LogP contribution in [0.5, 0.6) is 0 Å². The predicted molar refractivity (Wildman–Crippen MR) is 165 cm³/mol. The second kappa shape index (κ2) is 9.11. The lowest BCUT2D eigenvalue weighted by atomic mass is 9.90. The highest BCUT2D eigenvalue weighted by Crippen LogP contribution is 2.39. The molecule has 0 fully saturated rings. The highest BCUT2D eigenvalue weighted by molar-refractivity contribution is 6.25. The molecule has 0 aliphatic rings. The number of nitrogens with zero attached hydrogens (tertiary/aromatic N) is 3. The van der Waals surface area contributed by atoms with Crippen LogP contribution in [0.25, 0.3) is 77.3 Å². The molecule has 5 aromatic carbocycles. The van der Waals surface area contributed by atoms with E-state index in [1.807, 2.05) is 30.5 Å². The van der Waals surface area contributed by atoms with E-state index in [2.05, 4.69) is 108 Å². The molecule has 186 valence electrons. The van der Waals surface area contributed by atoms with Crippen LogP contribution in [0.3, 0.4) is 0 Å². The van der Waals surface area contributed by atoms with Crippen molar-refractivity contribution in [3.05, 3.63) is 140 Å². The summed E-state index contributed by atoms with van der Waals surface area (Å²) in [5.41, 5.74) is 7.81. The molecule has 3 nitrogen and oxygen atoms in total. The first-order valence-corrected chi connectivity index (χ1v) is 13.4. The van der Waals surface area contributed by atoms with Crippen LogP contribution in [0.15, 0.2) is 140 Å². The third-order valence-electron chi connectivity index (χ3n) is 7.73. The first-order chi connectivity index (χ1) is 19.8. The van der Waals surface area contributed by atoms with Gasteiger partial charge < -0.3 is 0 Å². The average Bonchev–Trinajstić information content (AvgIpc) is 3.04. The van der Waals surface area contributed by atoms with E-state index in [4.69, 9.17) is 9.97 Å². The number of benzene rings is 5. The van der Waals surface area contributed by atoms with Crippen LogP contribution in [0, 0.1) is 0 Å². The van der Waals surface area contributed by atoms with Crippen molar-refractivity contribution >= 4 is 32.3 Å². The molecule has 0 aliphatic heterocycles. The van der Waals surface area contributed by atoms with Crippen LogP contribution in [0.1, 0.15) is 0 Å². The Kier molecular flexibility index (Phi) is 5.14. The topological polar surface area (TPSA) is 38.7 Å². The third-order valence-corrected chi connectivity index (χ3v) is 7.73. The molecule has 0 N–H and O–H groups in total. The van der Waals surface area contributed by atoms with Gasteiger partial charge in [-0.3, -0.25) is 9.97 Å². The molecule has 0 bridgehead atoms. The Morgan fingerprint density at radius 3 is 1.82 bits per heavy atom. The van der Waals surface area contributed by atoms with Gasteiger partial charge >= 0.3 is 0 Å². The number of hydrogen-bond donors (Lipinski definition) is 0. The normalized spacial score (nSPS) is 11.5. The fourth-order valence-corrected chi connectivity index (χ4v) is 5.80. The van der Waals surface area contributed by atoms with Gasteiger partial charge in [0.1, 0.15) is 0 Å². The van der Waals surface area contributed by atoms with Gasteiger partial charge in [0.15, 0.2) is 0 Å². The molecule has 3 aromatic heterocycles. The van der Waals surface area contributed by atoms with Gasteiger partial charge in [-0.25, -0.2) is 4.98 Å². The minimum absolute atomic E-state index is 0.823. The maximum Gasteiger partial charge on any atom is 0.0900 e. The Balaban J connectivity index is 1.25. The molecule has 0 radical (unpaired) electrons. The zero-order chi connectivity index (χ0) is 26.5. The van der Waals surface area contributed by atoms with Gasteiger partial charge in [0, 0.05) is 18.0 Å². The average molecular weight is 510 g/mol. The van der Waals surface area contributed by atoms with E-state index in [1.54, 1.807) is 6.20 Å². The first kappa shape index (κ1) is 22.6. The van der Waals surface area contributed by atoms with Gasteiger partial charge in [-0.1, -0.05) is 97.1 Å². The van der Waals surface area contributed by atoms with Crippen molar-refractivity contribution in [2.24, 2.45) is 0 Å². The quantitative estimate of drug-likeness (QED) is 0.222. The van der Waals surface area contributed by atoms with Crippen molar-refractivity contribution in [2.75, 3.05) is 0 Å². The van der Waals surface area contributed by atoms with Gasteiger partial charge in [-0.2, -0.15) is 0 Å². The Morgan fingerprint density at radius 1 is 0.400 bits per heavy atom. The van der Waals surface area contributed by atoms with Crippen LogP contribution < -0.4 is 0 Å². The maximum atomic E-state index is 4.98. The Bertz CT molecular complexity index is 2060. The number of hydrogen-bond acceptors (Lipinski definition) is 3. The highest BCUT2D eigenvalue weighted by Gasteiger charge is 2.14. The molecule has 40 heavy (non-hydrogen) atoms. The lowest BCUT2D eigenvalue weighted by Gasteiger charge is -2.14. The molecule has 0 aliphatic carbocycles. The summed E-state index contributed by atoms with van der Waals surface area (Å²) in [6.07, 6.45) is 3.77. The monoisotopic (exact) mass is 509 g/mol. The van der Waals surface area contributed by atoms with Crippen molar-refractivity contribution in [1.29, 1.82) is 0 Å². The minimum Gasteiger partial charge on any atom is -0.255 e. The second-order valence-corrected chi connectivity index (χ2v) is 10.1. The maximum absolute atomic E-state index is 4.98. The highest BCUT2D eigenvalue weighted by atomic mass is 14.8. The SMILES string of the molecule is c1ccc(-c2cc(-c3ccccn3)nc(-c3ccc(-c4ccc5ccc6cccc7ccc4c5c67)cn3)c2)cc1. The van der Waals surface area contributed by atoms with Crippen molar-refractivity contribution in [3.8, 4) is 45.0 Å². The second-order valence-electron chi connectivity index (χ2n) is 10.1. The molecule has 0 unspecified atom stereocenters. The first-order valence-electron chi connectivity index (χ1n) is 13.4. The Morgan fingerprint density at radius 2 is 1.10 bits per heavy atom. The summed E-state index contributed by atoms with van der Waals surface area (Å²) in [7, 11) is 0. The van der Waals surface area contributed by atoms with E-state index in [9.17, 15) is 0 Å². The smallest absolute Gasteiger partial charge is 0.0900 e. The van der Waals surface area contributed by atoms with Crippen LogP contribution in [-0.2, 0) is 0 Å². The van der Waals surface area contributed by atoms with Crippen LogP contribution in [0.2, 0.25) is 0 Å². The summed E-state index contributed by atoms with van der Waals surface area (Å²) >= 11 is 0. The van der Waals surface area contributed by atoms with Crippen molar-refractivity contribution in [2.45, 2.75) is 0 Å². The standard InChI is InChI=1S/C37H23N3/c1-2-7-24(8-3-1)29-21-34(32-11-4-5-20-38-32)40-35(22-29)33-19-16-28(23-39-33)30-17-14-27-13-12-25-9-6-10-26-15-18-31(30)37(27)36(25)26/h1-23H. The summed E-state index contributed by atoms with van der Waals surface area (Å²) in [4.78, 5) is 14.5. The Labute approximate surface area is 231 Å². The number of aromatic nitrogens is 3. The fraction of sp³-hybridized carbons (Fsp3) is 0. The van der Waals surface area contributed by atoms with Crippen LogP contribution >= 0.6 is 0 Å². The summed E-state index contributed by atoms with van der Waals surface area (Å²) in [6, 6.07) is 44.6. The number of pyridine rings is 3. The molecule has 8 aromatic rings. The molecule has 0 amide bonds.